The van der Waals surface area contributed by atoms with Gasteiger partial charge >= 0.3 is 0 Å². The molecule has 0 aliphatic carbocycles. The maximum atomic E-state index is 13.2. The Hall–Kier alpha value is -4.26. The molecule has 1 heterocycles. The summed E-state index contributed by atoms with van der Waals surface area (Å²) >= 11 is 0. The molecule has 3 aromatic carbocycles. The summed E-state index contributed by atoms with van der Waals surface area (Å²) in [6.07, 6.45) is 0. The Morgan fingerprint density at radius 1 is 0.824 bits per heavy atom. The van der Waals surface area contributed by atoms with Crippen molar-refractivity contribution >= 4 is 23.1 Å². The number of amides is 1. The molecule has 1 atom stereocenters. The summed E-state index contributed by atoms with van der Waals surface area (Å²) in [6.45, 7) is 2.39. The Morgan fingerprint density at radius 2 is 1.35 bits per heavy atom. The lowest BCUT2D eigenvalue weighted by molar-refractivity contribution is -0.132. The van der Waals surface area contributed by atoms with Gasteiger partial charge in [0, 0.05) is 11.3 Å². The van der Waals surface area contributed by atoms with Crippen molar-refractivity contribution < 1.29 is 28.9 Å². The van der Waals surface area contributed by atoms with E-state index < -0.39 is 17.7 Å². The predicted octanol–water partition coefficient (Wildman–Crippen LogP) is 4.73. The molecule has 0 bridgehead atoms. The summed E-state index contributed by atoms with van der Waals surface area (Å²) in [7, 11) is 3.11. The second-order valence-corrected chi connectivity index (χ2v) is 7.60. The number of methoxy groups -OCH3 is 2. The van der Waals surface area contributed by atoms with Gasteiger partial charge in [-0.25, -0.2) is 0 Å². The van der Waals surface area contributed by atoms with Gasteiger partial charge in [-0.2, -0.15) is 0 Å². The molecule has 34 heavy (non-hydrogen) atoms. The molecule has 0 unspecified atom stereocenters. The van der Waals surface area contributed by atoms with E-state index in [9.17, 15) is 14.7 Å². The molecule has 0 aromatic heterocycles. The number of aliphatic hydroxyl groups excluding tert-OH is 1. The SMILES string of the molecule is CCOc1ccc(/C(O)=C2\C(=O)C(=O)N(c3ccc(OC)cc3)[C@@H]2c2ccc(OC)cc2)cc1. The number of carbonyl (C=O) groups excluding carboxylic acids is 2. The first-order valence-electron chi connectivity index (χ1n) is 10.8. The molecule has 174 valence electrons. The first-order valence-corrected chi connectivity index (χ1v) is 10.8. The average Bonchev–Trinajstić information content (AvgIpc) is 3.14. The van der Waals surface area contributed by atoms with E-state index in [0.29, 0.717) is 40.7 Å². The number of hydrogen-bond acceptors (Lipinski definition) is 6. The molecule has 0 radical (unpaired) electrons. The van der Waals surface area contributed by atoms with Crippen LogP contribution in [0.2, 0.25) is 0 Å². The number of rotatable bonds is 7. The van der Waals surface area contributed by atoms with Crippen LogP contribution in [0.5, 0.6) is 17.2 Å². The number of nitrogens with zero attached hydrogens (tertiary/aromatic N) is 1. The molecule has 1 aliphatic heterocycles. The van der Waals surface area contributed by atoms with Crippen LogP contribution in [-0.4, -0.2) is 37.6 Å². The van der Waals surface area contributed by atoms with Gasteiger partial charge in [-0.3, -0.25) is 14.5 Å². The van der Waals surface area contributed by atoms with Crippen LogP contribution in [0.4, 0.5) is 5.69 Å². The molecule has 1 amide bonds. The van der Waals surface area contributed by atoms with Gasteiger partial charge in [-0.05, 0) is 73.2 Å². The number of carbonyl (C=O) groups is 2. The zero-order valence-electron chi connectivity index (χ0n) is 19.1. The van der Waals surface area contributed by atoms with Gasteiger partial charge in [0.2, 0.25) is 0 Å². The molecular formula is C27H25NO6. The molecular weight excluding hydrogens is 434 g/mol. The first kappa shape index (κ1) is 22.9. The predicted molar refractivity (Wildman–Crippen MR) is 128 cm³/mol. The lowest BCUT2D eigenvalue weighted by Gasteiger charge is -2.25. The largest absolute Gasteiger partial charge is 0.507 e. The summed E-state index contributed by atoms with van der Waals surface area (Å²) in [6, 6.07) is 19.8. The van der Waals surface area contributed by atoms with Crippen LogP contribution < -0.4 is 19.1 Å². The third-order valence-corrected chi connectivity index (χ3v) is 5.67. The van der Waals surface area contributed by atoms with E-state index in [2.05, 4.69) is 0 Å². The van der Waals surface area contributed by atoms with E-state index in [-0.39, 0.29) is 11.3 Å². The Labute approximate surface area is 197 Å². The fourth-order valence-corrected chi connectivity index (χ4v) is 3.97. The van der Waals surface area contributed by atoms with Gasteiger partial charge < -0.3 is 19.3 Å². The molecule has 7 nitrogen and oxygen atoms in total. The van der Waals surface area contributed by atoms with Crippen LogP contribution >= 0.6 is 0 Å². The molecule has 7 heteroatoms. The fraction of sp³-hybridized carbons (Fsp3) is 0.185. The molecule has 3 aromatic rings. The normalized spacial score (nSPS) is 17.0. The quantitative estimate of drug-likeness (QED) is 0.312. The minimum Gasteiger partial charge on any atom is -0.507 e. The summed E-state index contributed by atoms with van der Waals surface area (Å²) in [5.41, 5.74) is 1.59. The molecule has 0 spiro atoms. The highest BCUT2D eigenvalue weighted by atomic mass is 16.5. The highest BCUT2D eigenvalue weighted by Crippen LogP contribution is 2.42. The van der Waals surface area contributed by atoms with Gasteiger partial charge in [-0.15, -0.1) is 0 Å². The van der Waals surface area contributed by atoms with E-state index in [4.69, 9.17) is 14.2 Å². The van der Waals surface area contributed by atoms with Crippen molar-refractivity contribution in [2.24, 2.45) is 0 Å². The standard InChI is InChI=1S/C27H25NO6/c1-4-34-22-13-7-18(8-14-22)25(29)23-24(17-5-11-20(32-2)12-6-17)28(27(31)26(23)30)19-9-15-21(33-3)16-10-19/h5-16,24,29H,4H2,1-3H3/b25-23+/t24-/m1/s1. The van der Waals surface area contributed by atoms with Crippen molar-refractivity contribution in [3.63, 3.8) is 0 Å². The van der Waals surface area contributed by atoms with Crippen molar-refractivity contribution in [2.75, 3.05) is 25.7 Å². The van der Waals surface area contributed by atoms with Gasteiger partial charge in [0.25, 0.3) is 11.7 Å². The number of anilines is 1. The highest BCUT2D eigenvalue weighted by Gasteiger charge is 2.47. The topological polar surface area (TPSA) is 85.3 Å². The summed E-state index contributed by atoms with van der Waals surface area (Å²) in [4.78, 5) is 27.8. The molecule has 4 rings (SSSR count). The van der Waals surface area contributed by atoms with E-state index in [1.54, 1.807) is 87.0 Å². The van der Waals surface area contributed by atoms with Gasteiger partial charge in [0.15, 0.2) is 0 Å². The number of ether oxygens (including phenoxy) is 3. The lowest BCUT2D eigenvalue weighted by Crippen LogP contribution is -2.29. The number of Topliss-reactive ketones (excluding diaryl/α,β-unsaturated/α-hetero) is 1. The third-order valence-electron chi connectivity index (χ3n) is 5.67. The van der Waals surface area contributed by atoms with E-state index in [1.807, 2.05) is 6.92 Å². The van der Waals surface area contributed by atoms with Crippen LogP contribution in [0.1, 0.15) is 24.1 Å². The van der Waals surface area contributed by atoms with Gasteiger partial charge in [0.1, 0.15) is 23.0 Å². The number of benzene rings is 3. The van der Waals surface area contributed by atoms with Crippen LogP contribution in [0.25, 0.3) is 5.76 Å². The molecule has 1 fully saturated rings. The second-order valence-electron chi connectivity index (χ2n) is 7.60. The monoisotopic (exact) mass is 459 g/mol. The van der Waals surface area contributed by atoms with Crippen LogP contribution in [0, 0.1) is 0 Å². The molecule has 1 aliphatic rings. The fourth-order valence-electron chi connectivity index (χ4n) is 3.97. The molecule has 1 saturated heterocycles. The number of ketones is 1. The van der Waals surface area contributed by atoms with E-state index in [1.165, 1.54) is 4.90 Å². The van der Waals surface area contributed by atoms with Crippen LogP contribution in [-0.2, 0) is 9.59 Å². The van der Waals surface area contributed by atoms with Crippen molar-refractivity contribution in [2.45, 2.75) is 13.0 Å². The van der Waals surface area contributed by atoms with Crippen LogP contribution in [0.15, 0.2) is 78.4 Å². The molecule has 0 saturated carbocycles. The Morgan fingerprint density at radius 3 is 1.88 bits per heavy atom. The minimum atomic E-state index is -0.828. The summed E-state index contributed by atoms with van der Waals surface area (Å²) in [5, 5.41) is 11.2. The summed E-state index contributed by atoms with van der Waals surface area (Å²) < 4.78 is 15.9. The van der Waals surface area contributed by atoms with Crippen molar-refractivity contribution in [3.8, 4) is 17.2 Å². The Balaban J connectivity index is 1.86. The van der Waals surface area contributed by atoms with Gasteiger partial charge in [-0.1, -0.05) is 12.1 Å². The lowest BCUT2D eigenvalue weighted by atomic mass is 9.95. The van der Waals surface area contributed by atoms with Crippen LogP contribution in [0.3, 0.4) is 0 Å². The average molecular weight is 459 g/mol. The Kier molecular flexibility index (Phi) is 6.54. The first-order chi connectivity index (χ1) is 16.5. The number of hydrogen-bond donors (Lipinski definition) is 1. The Bertz CT molecular complexity index is 1210. The van der Waals surface area contributed by atoms with Gasteiger partial charge in [0.05, 0.1) is 32.4 Å². The third kappa shape index (κ3) is 4.20. The summed E-state index contributed by atoms with van der Waals surface area (Å²) in [5.74, 6) is 0.163. The maximum Gasteiger partial charge on any atom is 0.300 e. The number of aliphatic hydroxyl groups is 1. The highest BCUT2D eigenvalue weighted by molar-refractivity contribution is 6.51. The van der Waals surface area contributed by atoms with E-state index >= 15 is 0 Å². The zero-order chi connectivity index (χ0) is 24.2. The maximum absolute atomic E-state index is 13.2. The van der Waals surface area contributed by atoms with E-state index in [0.717, 1.165) is 0 Å². The zero-order valence-corrected chi connectivity index (χ0v) is 19.1. The minimum absolute atomic E-state index is 0.00939. The van der Waals surface area contributed by atoms with Crippen molar-refractivity contribution in [3.05, 3.63) is 89.5 Å². The smallest absolute Gasteiger partial charge is 0.300 e. The molecule has 1 N–H and O–H groups in total. The second kappa shape index (κ2) is 9.70. The van der Waals surface area contributed by atoms with Crippen molar-refractivity contribution in [1.82, 2.24) is 0 Å². The van der Waals surface area contributed by atoms with Crippen molar-refractivity contribution in [1.29, 1.82) is 0 Å².